The van der Waals surface area contributed by atoms with E-state index in [9.17, 15) is 4.79 Å². The third-order valence-electron chi connectivity index (χ3n) is 4.36. The first-order valence-corrected chi connectivity index (χ1v) is 8.68. The molecule has 0 aliphatic heterocycles. The maximum Gasteiger partial charge on any atom is 0.408 e. The fourth-order valence-electron chi connectivity index (χ4n) is 3.21. The molecule has 1 heterocycles. The molecule has 0 radical (unpaired) electrons. The van der Waals surface area contributed by atoms with E-state index in [2.05, 4.69) is 27.3 Å². The first kappa shape index (κ1) is 18.7. The number of carbonyl (C=O) groups excluding carboxylic acids is 1. The molecule has 1 aromatic rings. The van der Waals surface area contributed by atoms with E-state index < -0.39 is 17.2 Å². The smallest absolute Gasteiger partial charge is 0.408 e. The van der Waals surface area contributed by atoms with Crippen molar-refractivity contribution >= 4 is 6.09 Å². The van der Waals surface area contributed by atoms with E-state index in [1.54, 1.807) is 0 Å². The molecular weight excluding hydrogens is 308 g/mol. The van der Waals surface area contributed by atoms with Crippen molar-refractivity contribution in [2.24, 2.45) is 0 Å². The normalized spacial score (nSPS) is 18.6. The molecule has 7 nitrogen and oxygen atoms in total. The molecule has 1 aliphatic carbocycles. The van der Waals surface area contributed by atoms with Gasteiger partial charge in [0.2, 0.25) is 5.89 Å². The van der Waals surface area contributed by atoms with Crippen molar-refractivity contribution < 1.29 is 14.1 Å². The predicted molar refractivity (Wildman–Crippen MR) is 90.5 cm³/mol. The van der Waals surface area contributed by atoms with Crippen LogP contribution >= 0.6 is 0 Å². The van der Waals surface area contributed by atoms with Crippen LogP contribution < -0.4 is 5.32 Å². The van der Waals surface area contributed by atoms with E-state index in [1.165, 1.54) is 0 Å². The number of carbonyl (C=O) groups is 1. The minimum atomic E-state index is -0.589. The van der Waals surface area contributed by atoms with Crippen LogP contribution in [0.15, 0.2) is 4.52 Å². The lowest BCUT2D eigenvalue weighted by molar-refractivity contribution is 0.0446. The summed E-state index contributed by atoms with van der Waals surface area (Å²) in [4.78, 5) is 18.9. The van der Waals surface area contributed by atoms with Crippen molar-refractivity contribution in [3.05, 3.63) is 11.7 Å². The maximum absolute atomic E-state index is 12.3. The molecule has 0 unspecified atom stereocenters. The molecule has 1 amide bonds. The monoisotopic (exact) mass is 338 g/mol. The average Bonchev–Trinajstić information content (AvgIpc) is 3.07. The molecule has 136 valence electrons. The summed E-state index contributed by atoms with van der Waals surface area (Å²) in [7, 11) is 3.98. The number of rotatable bonds is 5. The standard InChI is InChI=1S/C17H30N4O3/c1-7-12(21(5)6)13-18-14(20-24-13)17(10-8-9-11-17)19-15(22)23-16(2,3)4/h12H,7-11H2,1-6H3,(H,19,22)/t12-/m0/s1. The molecule has 1 fully saturated rings. The van der Waals surface area contributed by atoms with Crippen molar-refractivity contribution in [1.82, 2.24) is 20.4 Å². The third kappa shape index (κ3) is 4.26. The van der Waals surface area contributed by atoms with Gasteiger partial charge >= 0.3 is 6.09 Å². The van der Waals surface area contributed by atoms with Crippen molar-refractivity contribution in [3.8, 4) is 0 Å². The van der Waals surface area contributed by atoms with Gasteiger partial charge < -0.3 is 14.6 Å². The highest BCUT2D eigenvalue weighted by molar-refractivity contribution is 5.69. The highest BCUT2D eigenvalue weighted by atomic mass is 16.6. The van der Waals surface area contributed by atoms with Crippen LogP contribution in [0.4, 0.5) is 4.79 Å². The molecule has 7 heteroatoms. The molecule has 1 aromatic heterocycles. The van der Waals surface area contributed by atoms with Crippen molar-refractivity contribution in [2.45, 2.75) is 77.0 Å². The van der Waals surface area contributed by atoms with Crippen molar-refractivity contribution in [3.63, 3.8) is 0 Å². The van der Waals surface area contributed by atoms with E-state index in [0.717, 1.165) is 32.1 Å². The number of amides is 1. The molecule has 0 aromatic carbocycles. The Labute approximate surface area is 144 Å². The quantitative estimate of drug-likeness (QED) is 0.886. The van der Waals surface area contributed by atoms with Gasteiger partial charge in [0.15, 0.2) is 5.82 Å². The average molecular weight is 338 g/mol. The summed E-state index contributed by atoms with van der Waals surface area (Å²) in [6, 6.07) is 0.0752. The Kier molecular flexibility index (Phi) is 5.52. The van der Waals surface area contributed by atoms with Gasteiger partial charge in [-0.3, -0.25) is 4.90 Å². The molecular formula is C17H30N4O3. The summed E-state index contributed by atoms with van der Waals surface area (Å²) in [6.07, 6.45) is 4.07. The van der Waals surface area contributed by atoms with Gasteiger partial charge in [0.25, 0.3) is 0 Å². The highest BCUT2D eigenvalue weighted by Crippen LogP contribution is 2.38. The fourth-order valence-corrected chi connectivity index (χ4v) is 3.21. The van der Waals surface area contributed by atoms with Crippen LogP contribution in [0.1, 0.15) is 77.6 Å². The number of alkyl carbamates (subject to hydrolysis) is 1. The largest absolute Gasteiger partial charge is 0.444 e. The molecule has 1 atom stereocenters. The molecule has 1 N–H and O–H groups in total. The first-order valence-electron chi connectivity index (χ1n) is 8.68. The van der Waals surface area contributed by atoms with Crippen LogP contribution in [0.25, 0.3) is 0 Å². The fraction of sp³-hybridized carbons (Fsp3) is 0.824. The number of nitrogens with one attached hydrogen (secondary N) is 1. The maximum atomic E-state index is 12.3. The number of ether oxygens (including phenoxy) is 1. The van der Waals surface area contributed by atoms with Crippen LogP contribution in [-0.4, -0.2) is 40.8 Å². The summed E-state index contributed by atoms with van der Waals surface area (Å²) in [5.74, 6) is 1.15. The lowest BCUT2D eigenvalue weighted by Gasteiger charge is -2.29. The Bertz CT molecular complexity index is 556. The van der Waals surface area contributed by atoms with Crippen LogP contribution in [0, 0.1) is 0 Å². The second kappa shape index (κ2) is 7.09. The van der Waals surface area contributed by atoms with Gasteiger partial charge in [-0.1, -0.05) is 24.9 Å². The molecule has 1 saturated carbocycles. The lowest BCUT2D eigenvalue weighted by atomic mass is 9.97. The van der Waals surface area contributed by atoms with Crippen LogP contribution in [0.2, 0.25) is 0 Å². The Morgan fingerprint density at radius 2 is 2.00 bits per heavy atom. The SMILES string of the molecule is CC[C@@H](c1nc(C2(NC(=O)OC(C)(C)C)CCCC2)no1)N(C)C. The van der Waals surface area contributed by atoms with Crippen LogP contribution in [0.3, 0.4) is 0 Å². The Morgan fingerprint density at radius 3 is 2.50 bits per heavy atom. The molecule has 24 heavy (non-hydrogen) atoms. The molecule has 2 rings (SSSR count). The van der Waals surface area contributed by atoms with Gasteiger partial charge in [-0.05, 0) is 54.1 Å². The minimum absolute atomic E-state index is 0.0752. The number of aromatic nitrogens is 2. The Balaban J connectivity index is 2.21. The second-order valence-electron chi connectivity index (χ2n) is 7.76. The van der Waals surface area contributed by atoms with Gasteiger partial charge in [0, 0.05) is 0 Å². The van der Waals surface area contributed by atoms with Crippen molar-refractivity contribution in [1.29, 1.82) is 0 Å². The summed E-state index contributed by atoms with van der Waals surface area (Å²) in [5.41, 5.74) is -1.13. The summed E-state index contributed by atoms with van der Waals surface area (Å²) in [5, 5.41) is 7.19. The van der Waals surface area contributed by atoms with Crippen molar-refractivity contribution in [2.75, 3.05) is 14.1 Å². The Morgan fingerprint density at radius 1 is 1.38 bits per heavy atom. The number of hydrogen-bond acceptors (Lipinski definition) is 6. The predicted octanol–water partition coefficient (Wildman–Crippen LogP) is 3.38. The highest BCUT2D eigenvalue weighted by Gasteiger charge is 2.42. The molecule has 0 bridgehead atoms. The lowest BCUT2D eigenvalue weighted by Crippen LogP contribution is -2.46. The van der Waals surface area contributed by atoms with Gasteiger partial charge in [-0.2, -0.15) is 4.98 Å². The van der Waals surface area contributed by atoms with E-state index in [-0.39, 0.29) is 6.04 Å². The summed E-state index contributed by atoms with van der Waals surface area (Å²) in [6.45, 7) is 7.63. The summed E-state index contributed by atoms with van der Waals surface area (Å²) >= 11 is 0. The topological polar surface area (TPSA) is 80.5 Å². The number of nitrogens with zero attached hydrogens (tertiary/aromatic N) is 3. The molecule has 0 saturated heterocycles. The summed E-state index contributed by atoms with van der Waals surface area (Å²) < 4.78 is 10.9. The third-order valence-corrected chi connectivity index (χ3v) is 4.36. The van der Waals surface area contributed by atoms with E-state index >= 15 is 0 Å². The van der Waals surface area contributed by atoms with Gasteiger partial charge in [0.1, 0.15) is 11.1 Å². The zero-order valence-electron chi connectivity index (χ0n) is 15.7. The zero-order valence-corrected chi connectivity index (χ0v) is 15.7. The number of hydrogen-bond donors (Lipinski definition) is 1. The van der Waals surface area contributed by atoms with Crippen LogP contribution in [-0.2, 0) is 10.3 Å². The van der Waals surface area contributed by atoms with E-state index in [0.29, 0.717) is 11.7 Å². The second-order valence-corrected chi connectivity index (χ2v) is 7.76. The first-order chi connectivity index (χ1) is 11.2. The molecule has 0 spiro atoms. The zero-order chi connectivity index (χ0) is 18.0. The molecule has 1 aliphatic rings. The van der Waals surface area contributed by atoms with E-state index in [1.807, 2.05) is 34.9 Å². The van der Waals surface area contributed by atoms with Crippen LogP contribution in [0.5, 0.6) is 0 Å². The van der Waals surface area contributed by atoms with E-state index in [4.69, 9.17) is 9.26 Å². The minimum Gasteiger partial charge on any atom is -0.444 e. The van der Waals surface area contributed by atoms with Gasteiger partial charge in [-0.25, -0.2) is 4.79 Å². The Hall–Kier alpha value is -1.63. The van der Waals surface area contributed by atoms with Gasteiger partial charge in [0.05, 0.1) is 6.04 Å². The van der Waals surface area contributed by atoms with Gasteiger partial charge in [-0.15, -0.1) is 0 Å².